The molecule has 6 nitrogen and oxygen atoms in total. The normalized spacial score (nSPS) is 11.0. The standard InChI is InChI=1S/C13H20N6S.HI/c1-3-11-8-17-12(20-11)9-18-13(14-2)16-5-7-19-6-4-15-10-19;/h4,6,8,10H,3,5,7,9H2,1-2H3,(H2,14,16,18);1H. The van der Waals surface area contributed by atoms with Crippen LogP contribution in [0.15, 0.2) is 29.9 Å². The minimum Gasteiger partial charge on any atom is -0.355 e. The van der Waals surface area contributed by atoms with Gasteiger partial charge in [0.25, 0.3) is 0 Å². The Balaban J connectivity index is 0.00000220. The highest BCUT2D eigenvalue weighted by molar-refractivity contribution is 14.0. The van der Waals surface area contributed by atoms with Crippen LogP contribution < -0.4 is 10.6 Å². The van der Waals surface area contributed by atoms with Crippen LogP contribution in [0.4, 0.5) is 0 Å². The van der Waals surface area contributed by atoms with E-state index in [1.807, 2.05) is 17.0 Å². The van der Waals surface area contributed by atoms with Crippen LogP contribution in [-0.4, -0.2) is 34.1 Å². The molecule has 21 heavy (non-hydrogen) atoms. The van der Waals surface area contributed by atoms with Crippen molar-refractivity contribution in [2.75, 3.05) is 13.6 Å². The monoisotopic (exact) mass is 420 g/mol. The first-order valence-electron chi connectivity index (χ1n) is 6.65. The maximum Gasteiger partial charge on any atom is 0.191 e. The van der Waals surface area contributed by atoms with Gasteiger partial charge in [-0.25, -0.2) is 9.97 Å². The molecule has 0 unspecified atom stereocenters. The van der Waals surface area contributed by atoms with Crippen molar-refractivity contribution < 1.29 is 0 Å². The lowest BCUT2D eigenvalue weighted by Crippen LogP contribution is -2.38. The quantitative estimate of drug-likeness (QED) is 0.426. The van der Waals surface area contributed by atoms with Crippen LogP contribution in [0, 0.1) is 0 Å². The number of rotatable bonds is 6. The molecule has 0 saturated carbocycles. The van der Waals surface area contributed by atoms with E-state index in [4.69, 9.17) is 0 Å². The molecular weight excluding hydrogens is 399 g/mol. The summed E-state index contributed by atoms with van der Waals surface area (Å²) in [7, 11) is 1.77. The van der Waals surface area contributed by atoms with Crippen molar-refractivity contribution in [3.05, 3.63) is 34.8 Å². The molecule has 2 heterocycles. The summed E-state index contributed by atoms with van der Waals surface area (Å²) >= 11 is 1.74. The number of hydrogen-bond donors (Lipinski definition) is 2. The molecule has 0 aliphatic carbocycles. The van der Waals surface area contributed by atoms with Crippen molar-refractivity contribution in [3.63, 3.8) is 0 Å². The molecule has 2 aromatic rings. The van der Waals surface area contributed by atoms with Crippen molar-refractivity contribution in [1.29, 1.82) is 0 Å². The number of aromatic nitrogens is 3. The molecule has 2 aromatic heterocycles. The number of halogens is 1. The highest BCUT2D eigenvalue weighted by atomic mass is 127. The zero-order valence-corrected chi connectivity index (χ0v) is 15.4. The predicted octanol–water partition coefficient (Wildman–Crippen LogP) is 1.89. The van der Waals surface area contributed by atoms with Crippen LogP contribution >= 0.6 is 35.3 Å². The first kappa shape index (κ1) is 17.9. The third kappa shape index (κ3) is 6.00. The molecular formula is C13H21IN6S. The van der Waals surface area contributed by atoms with Crippen molar-refractivity contribution >= 4 is 41.3 Å². The number of aliphatic imine (C=N–C) groups is 1. The van der Waals surface area contributed by atoms with Gasteiger partial charge in [-0.3, -0.25) is 4.99 Å². The molecule has 0 aliphatic heterocycles. The van der Waals surface area contributed by atoms with Gasteiger partial charge in [0.1, 0.15) is 5.01 Å². The second kappa shape index (κ2) is 9.72. The van der Waals surface area contributed by atoms with Gasteiger partial charge in [-0.15, -0.1) is 35.3 Å². The Morgan fingerprint density at radius 2 is 2.29 bits per heavy atom. The van der Waals surface area contributed by atoms with Gasteiger partial charge < -0.3 is 15.2 Å². The Morgan fingerprint density at radius 3 is 2.90 bits per heavy atom. The second-order valence-electron chi connectivity index (χ2n) is 4.23. The maximum absolute atomic E-state index is 4.38. The summed E-state index contributed by atoms with van der Waals surface area (Å²) in [6.45, 7) is 4.50. The Hall–Kier alpha value is -1.16. The van der Waals surface area contributed by atoms with Gasteiger partial charge in [-0.05, 0) is 6.42 Å². The number of hydrogen-bond acceptors (Lipinski definition) is 4. The van der Waals surface area contributed by atoms with E-state index in [0.29, 0.717) is 6.54 Å². The summed E-state index contributed by atoms with van der Waals surface area (Å²) in [4.78, 5) is 13.9. The number of aryl methyl sites for hydroxylation is 1. The van der Waals surface area contributed by atoms with Crippen LogP contribution in [0.2, 0.25) is 0 Å². The Bertz CT molecular complexity index is 537. The predicted molar refractivity (Wildman–Crippen MR) is 97.3 cm³/mol. The third-order valence-corrected chi connectivity index (χ3v) is 3.94. The summed E-state index contributed by atoms with van der Waals surface area (Å²) in [6.07, 6.45) is 8.51. The van der Waals surface area contributed by atoms with Gasteiger partial charge in [0.15, 0.2) is 5.96 Å². The average molecular weight is 420 g/mol. The Kier molecular flexibility index (Phi) is 8.28. The molecule has 0 radical (unpaired) electrons. The van der Waals surface area contributed by atoms with Crippen LogP contribution in [-0.2, 0) is 19.5 Å². The molecule has 0 atom stereocenters. The van der Waals surface area contributed by atoms with Gasteiger partial charge >= 0.3 is 0 Å². The fourth-order valence-electron chi connectivity index (χ4n) is 1.70. The van der Waals surface area contributed by atoms with Gasteiger partial charge in [0, 0.05) is 43.6 Å². The molecule has 8 heteroatoms. The van der Waals surface area contributed by atoms with Crippen LogP contribution in [0.5, 0.6) is 0 Å². The first-order valence-corrected chi connectivity index (χ1v) is 7.47. The summed E-state index contributed by atoms with van der Waals surface area (Å²) in [5.74, 6) is 0.790. The van der Waals surface area contributed by atoms with E-state index < -0.39 is 0 Å². The highest BCUT2D eigenvalue weighted by Gasteiger charge is 2.02. The molecule has 116 valence electrons. The molecule has 2 rings (SSSR count). The van der Waals surface area contributed by atoms with Gasteiger partial charge in [0.2, 0.25) is 0 Å². The van der Waals surface area contributed by atoms with E-state index in [2.05, 4.69) is 32.5 Å². The smallest absolute Gasteiger partial charge is 0.191 e. The molecule has 0 aliphatic rings. The Labute approximate surface area is 146 Å². The van der Waals surface area contributed by atoms with E-state index in [1.54, 1.807) is 30.9 Å². The molecule has 0 amide bonds. The topological polar surface area (TPSA) is 67.1 Å². The van der Waals surface area contributed by atoms with E-state index >= 15 is 0 Å². The summed E-state index contributed by atoms with van der Waals surface area (Å²) < 4.78 is 2.02. The number of nitrogens with zero attached hydrogens (tertiary/aromatic N) is 4. The highest BCUT2D eigenvalue weighted by Crippen LogP contribution is 2.12. The van der Waals surface area contributed by atoms with Crippen molar-refractivity contribution in [1.82, 2.24) is 25.2 Å². The summed E-state index contributed by atoms with van der Waals surface area (Å²) in [5.41, 5.74) is 0. The summed E-state index contributed by atoms with van der Waals surface area (Å²) in [5, 5.41) is 7.61. The minimum absolute atomic E-state index is 0. The first-order chi connectivity index (χ1) is 9.81. The van der Waals surface area contributed by atoms with Crippen LogP contribution in [0.1, 0.15) is 16.8 Å². The number of thiazole rings is 1. The number of guanidine groups is 1. The van der Waals surface area contributed by atoms with E-state index in [1.165, 1.54) is 4.88 Å². The molecule has 2 N–H and O–H groups in total. The summed E-state index contributed by atoms with van der Waals surface area (Å²) in [6, 6.07) is 0. The van der Waals surface area contributed by atoms with Gasteiger partial charge in [-0.1, -0.05) is 6.92 Å². The SMILES string of the molecule is CCc1cnc(CNC(=NC)NCCn2ccnc2)s1.I. The van der Waals surface area contributed by atoms with E-state index in [0.717, 1.165) is 30.5 Å². The lowest BCUT2D eigenvalue weighted by Gasteiger charge is -2.10. The largest absolute Gasteiger partial charge is 0.355 e. The second-order valence-corrected chi connectivity index (χ2v) is 5.43. The molecule has 0 aromatic carbocycles. The minimum atomic E-state index is 0. The number of imidazole rings is 1. The van der Waals surface area contributed by atoms with Crippen molar-refractivity contribution in [2.45, 2.75) is 26.4 Å². The zero-order chi connectivity index (χ0) is 14.2. The van der Waals surface area contributed by atoms with Crippen molar-refractivity contribution in [2.24, 2.45) is 4.99 Å². The molecule has 0 fully saturated rings. The zero-order valence-electron chi connectivity index (χ0n) is 12.2. The average Bonchev–Trinajstić information content (AvgIpc) is 3.13. The van der Waals surface area contributed by atoms with Gasteiger partial charge in [-0.2, -0.15) is 0 Å². The molecule has 0 bridgehead atoms. The van der Waals surface area contributed by atoms with Crippen LogP contribution in [0.25, 0.3) is 0 Å². The molecule has 0 saturated heterocycles. The molecule has 0 spiro atoms. The van der Waals surface area contributed by atoms with Gasteiger partial charge in [0.05, 0.1) is 12.9 Å². The third-order valence-electron chi connectivity index (χ3n) is 2.80. The Morgan fingerprint density at radius 1 is 1.43 bits per heavy atom. The fourth-order valence-corrected chi connectivity index (χ4v) is 2.50. The fraction of sp³-hybridized carbons (Fsp3) is 0.462. The number of nitrogens with one attached hydrogen (secondary N) is 2. The van der Waals surface area contributed by atoms with Crippen molar-refractivity contribution in [3.8, 4) is 0 Å². The maximum atomic E-state index is 4.38. The van der Waals surface area contributed by atoms with E-state index in [9.17, 15) is 0 Å². The van der Waals surface area contributed by atoms with Crippen LogP contribution in [0.3, 0.4) is 0 Å². The van der Waals surface area contributed by atoms with E-state index in [-0.39, 0.29) is 24.0 Å². The lowest BCUT2D eigenvalue weighted by molar-refractivity contribution is 0.661. The lowest BCUT2D eigenvalue weighted by atomic mass is 10.4.